The van der Waals surface area contributed by atoms with Crippen LogP contribution in [0.5, 0.6) is 0 Å². The lowest BCUT2D eigenvalue weighted by atomic mass is 10.3. The van der Waals surface area contributed by atoms with Crippen LogP contribution in [0.25, 0.3) is 10.9 Å². The minimum Gasteiger partial charge on any atom is -0.264 e. The molecule has 0 spiro atoms. The number of fused-ring (bicyclic) bond motifs is 1. The van der Waals surface area contributed by atoms with Crippen LogP contribution in [0.4, 0.5) is 0 Å². The number of rotatable bonds is 0. The average Bonchev–Trinajstić information content (AvgIpc) is 2.21. The summed E-state index contributed by atoms with van der Waals surface area (Å²) >= 11 is 0. The number of aromatic nitrogens is 3. The summed E-state index contributed by atoms with van der Waals surface area (Å²) in [6, 6.07) is 1.86. The largest absolute Gasteiger partial charge is 0.264 e. The summed E-state index contributed by atoms with van der Waals surface area (Å²) in [5, 5.41) is 0.977. The topological polar surface area (TPSA) is 38.7 Å². The summed E-state index contributed by atoms with van der Waals surface area (Å²) in [7, 11) is 0. The fourth-order valence-electron chi connectivity index (χ4n) is 0.826. The number of hydrogen-bond acceptors (Lipinski definition) is 3. The third-order valence-electron chi connectivity index (χ3n) is 1.30. The van der Waals surface area contributed by atoms with E-state index in [2.05, 4.69) is 15.0 Å². The molecule has 0 amide bonds. The van der Waals surface area contributed by atoms with Gasteiger partial charge in [0.1, 0.15) is 6.33 Å². The molecule has 0 bridgehead atoms. The molecule has 2 aromatic rings. The van der Waals surface area contributed by atoms with Crippen LogP contribution >= 0.6 is 0 Å². The van der Waals surface area contributed by atoms with Crippen LogP contribution in [-0.2, 0) is 0 Å². The molecule has 0 aromatic carbocycles. The lowest BCUT2D eigenvalue weighted by Crippen LogP contribution is -1.80. The lowest BCUT2D eigenvalue weighted by Gasteiger charge is -1.90. The second-order valence-electron chi connectivity index (χ2n) is 1.96. The van der Waals surface area contributed by atoms with Gasteiger partial charge in [-0.15, -0.1) is 0 Å². The molecule has 3 nitrogen and oxygen atoms in total. The van der Waals surface area contributed by atoms with E-state index in [1.807, 2.05) is 19.9 Å². The predicted molar refractivity (Wildman–Crippen MR) is 48.7 cm³/mol. The SMILES string of the molecule is CC.c1cc2ncncc2cn1. The highest BCUT2D eigenvalue weighted by Gasteiger charge is 1.88. The van der Waals surface area contributed by atoms with Gasteiger partial charge in [0.15, 0.2) is 0 Å². The molecule has 62 valence electrons. The Morgan fingerprint density at radius 2 is 1.83 bits per heavy atom. The molecule has 2 aromatic heterocycles. The Morgan fingerprint density at radius 3 is 2.58 bits per heavy atom. The van der Waals surface area contributed by atoms with Gasteiger partial charge < -0.3 is 0 Å². The van der Waals surface area contributed by atoms with Crippen LogP contribution in [-0.4, -0.2) is 15.0 Å². The van der Waals surface area contributed by atoms with Crippen LogP contribution in [0, 0.1) is 0 Å². The third kappa shape index (κ3) is 1.75. The van der Waals surface area contributed by atoms with Crippen molar-refractivity contribution in [3.63, 3.8) is 0 Å². The molecular weight excluding hydrogens is 150 g/mol. The van der Waals surface area contributed by atoms with E-state index in [1.54, 1.807) is 18.6 Å². The van der Waals surface area contributed by atoms with E-state index >= 15 is 0 Å². The molecule has 0 saturated carbocycles. The summed E-state index contributed by atoms with van der Waals surface area (Å²) < 4.78 is 0. The van der Waals surface area contributed by atoms with Gasteiger partial charge in [0.25, 0.3) is 0 Å². The van der Waals surface area contributed by atoms with E-state index in [0.717, 1.165) is 10.9 Å². The molecule has 2 rings (SSSR count). The van der Waals surface area contributed by atoms with Crippen molar-refractivity contribution < 1.29 is 0 Å². The van der Waals surface area contributed by atoms with Gasteiger partial charge in [0, 0.05) is 24.0 Å². The standard InChI is InChI=1S/C7H5N3.C2H6/c1-2-8-3-6-4-9-5-10-7(1)6;1-2/h1-5H;1-2H3. The first-order valence-electron chi connectivity index (χ1n) is 3.96. The summed E-state index contributed by atoms with van der Waals surface area (Å²) in [6.45, 7) is 4.00. The maximum Gasteiger partial charge on any atom is 0.116 e. The number of hydrogen-bond donors (Lipinski definition) is 0. The maximum absolute atomic E-state index is 4.03. The highest BCUT2D eigenvalue weighted by molar-refractivity contribution is 5.75. The van der Waals surface area contributed by atoms with Gasteiger partial charge in [-0.05, 0) is 6.07 Å². The van der Waals surface area contributed by atoms with Crippen molar-refractivity contribution in [3.8, 4) is 0 Å². The van der Waals surface area contributed by atoms with Gasteiger partial charge in [-0.25, -0.2) is 9.97 Å². The molecule has 12 heavy (non-hydrogen) atoms. The quantitative estimate of drug-likeness (QED) is 0.593. The first-order chi connectivity index (χ1) is 5.97. The highest BCUT2D eigenvalue weighted by atomic mass is 14.8. The van der Waals surface area contributed by atoms with Crippen LogP contribution < -0.4 is 0 Å². The average molecular weight is 161 g/mol. The van der Waals surface area contributed by atoms with Crippen LogP contribution in [0.3, 0.4) is 0 Å². The van der Waals surface area contributed by atoms with Gasteiger partial charge in [0.2, 0.25) is 0 Å². The molecular formula is C9H11N3. The van der Waals surface area contributed by atoms with Crippen molar-refractivity contribution >= 4 is 10.9 Å². The van der Waals surface area contributed by atoms with Crippen LogP contribution in [0.1, 0.15) is 13.8 Å². The molecule has 0 N–H and O–H groups in total. The van der Waals surface area contributed by atoms with Crippen molar-refractivity contribution in [1.29, 1.82) is 0 Å². The zero-order chi connectivity index (χ0) is 8.81. The van der Waals surface area contributed by atoms with E-state index in [9.17, 15) is 0 Å². The van der Waals surface area contributed by atoms with Crippen molar-refractivity contribution in [2.24, 2.45) is 0 Å². The van der Waals surface area contributed by atoms with Crippen molar-refractivity contribution in [2.45, 2.75) is 13.8 Å². The van der Waals surface area contributed by atoms with Gasteiger partial charge in [0.05, 0.1) is 5.52 Å². The van der Waals surface area contributed by atoms with Gasteiger partial charge in [-0.3, -0.25) is 4.98 Å². The van der Waals surface area contributed by atoms with Gasteiger partial charge in [-0.2, -0.15) is 0 Å². The second kappa shape index (κ2) is 4.38. The fourth-order valence-corrected chi connectivity index (χ4v) is 0.826. The smallest absolute Gasteiger partial charge is 0.116 e. The van der Waals surface area contributed by atoms with E-state index < -0.39 is 0 Å². The molecule has 3 heteroatoms. The molecule has 0 atom stereocenters. The van der Waals surface area contributed by atoms with Gasteiger partial charge in [-0.1, -0.05) is 13.8 Å². The minimum absolute atomic E-state index is 0.935. The monoisotopic (exact) mass is 161 g/mol. The summed E-state index contributed by atoms with van der Waals surface area (Å²) in [5.41, 5.74) is 0.935. The number of nitrogens with zero attached hydrogens (tertiary/aromatic N) is 3. The Kier molecular flexibility index (Phi) is 3.14. The summed E-state index contributed by atoms with van der Waals surface area (Å²) in [5.74, 6) is 0. The Hall–Kier alpha value is -1.51. The number of pyridine rings is 1. The molecule has 0 aliphatic heterocycles. The van der Waals surface area contributed by atoms with Crippen LogP contribution in [0.2, 0.25) is 0 Å². The zero-order valence-electron chi connectivity index (χ0n) is 7.23. The Balaban J connectivity index is 0.000000336. The molecule has 0 radical (unpaired) electrons. The first kappa shape index (κ1) is 8.59. The fraction of sp³-hybridized carbons (Fsp3) is 0.222. The first-order valence-corrected chi connectivity index (χ1v) is 3.96. The molecule has 2 heterocycles. The van der Waals surface area contributed by atoms with Crippen LogP contribution in [0.15, 0.2) is 31.0 Å². The van der Waals surface area contributed by atoms with Crippen molar-refractivity contribution in [1.82, 2.24) is 15.0 Å². The normalized spacial score (nSPS) is 8.83. The maximum atomic E-state index is 4.03. The highest BCUT2D eigenvalue weighted by Crippen LogP contribution is 2.04. The summed E-state index contributed by atoms with van der Waals surface area (Å²) in [4.78, 5) is 11.8. The van der Waals surface area contributed by atoms with E-state index in [-0.39, 0.29) is 0 Å². The van der Waals surface area contributed by atoms with E-state index in [4.69, 9.17) is 0 Å². The zero-order valence-corrected chi connectivity index (χ0v) is 7.23. The molecule has 0 aliphatic rings. The van der Waals surface area contributed by atoms with Crippen molar-refractivity contribution in [2.75, 3.05) is 0 Å². The Bertz CT molecular complexity index is 281. The van der Waals surface area contributed by atoms with Crippen molar-refractivity contribution in [3.05, 3.63) is 31.0 Å². The molecule has 0 aliphatic carbocycles. The van der Waals surface area contributed by atoms with E-state index in [1.165, 1.54) is 6.33 Å². The molecule has 0 unspecified atom stereocenters. The van der Waals surface area contributed by atoms with Gasteiger partial charge >= 0.3 is 0 Å². The van der Waals surface area contributed by atoms with E-state index in [0.29, 0.717) is 0 Å². The molecule has 0 saturated heterocycles. The molecule has 0 fully saturated rings. The second-order valence-corrected chi connectivity index (χ2v) is 1.96. The Morgan fingerprint density at radius 1 is 1.08 bits per heavy atom. The summed E-state index contributed by atoms with van der Waals surface area (Å²) in [6.07, 6.45) is 6.74. The lowest BCUT2D eigenvalue weighted by molar-refractivity contribution is 1.21. The third-order valence-corrected chi connectivity index (χ3v) is 1.30. The predicted octanol–water partition coefficient (Wildman–Crippen LogP) is 2.05. The Labute approximate surface area is 71.5 Å². The minimum atomic E-state index is 0.935.